The minimum absolute atomic E-state index is 0.0493. The van der Waals surface area contributed by atoms with E-state index in [1.54, 1.807) is 6.08 Å². The van der Waals surface area contributed by atoms with Crippen LogP contribution in [0.3, 0.4) is 0 Å². The van der Waals surface area contributed by atoms with Crippen molar-refractivity contribution in [2.45, 2.75) is 168 Å². The topological polar surface area (TPSA) is 15.7 Å². The van der Waals surface area contributed by atoms with Gasteiger partial charge in [-0.3, -0.25) is 0 Å². The molecule has 0 spiro atoms. The zero-order valence-electron chi connectivity index (χ0n) is 62.7. The molecule has 0 aromatic heterocycles. The quantitative estimate of drug-likeness (QED) is 0.0723. The molecule has 0 saturated heterocycles. The molecule has 0 N–H and O–H groups in total. The van der Waals surface area contributed by atoms with Crippen molar-refractivity contribution < 1.29 is 31.1 Å². The number of halogens is 6. The number of fused-ring (bicyclic) bond motifs is 8. The van der Waals surface area contributed by atoms with Crippen molar-refractivity contribution in [3.63, 3.8) is 0 Å². The Kier molecular flexibility index (Phi) is 18.6. The standard InChI is InChI=1S/C102H92F6N2O/c1-3-63-23-37-73(38-24-63)101(71-15-7-5-8-16-71)89-21-13-11-19-81(89)83-51-35-69(55-91(83)101)65-31-45-77(46-32-65)109(97-61-93(105)85(59-95(97)107)67-27-41-75(103)42-28-67)79-49-53-99-87(57-79)88-58-80(50-54-100(88)111-99)110(98-62-94(106)86(60-96(98)108)68-29-43-76(104)44-30-68)78-47-33-66(34-48-78)70-36-52-84-82-20-12-14-22-90(82)102(92(84)56-70,72-17-9-6-10-18-72)74-39-25-64(4-2)26-40-74/h3-9,11-12,15-17,19-20,23,25-27,29-31,33,35-39,41,43-47,49,51-53,55-58,61-63,65-66,74,78,82,88,90,95-96,100H,1-2,10,13-14,18,21-22,24,28,32,34,40,42,48,50,54,59-60H2. The number of hydrogen-bond acceptors (Lipinski definition) is 3. The third kappa shape index (κ3) is 12.1. The Balaban J connectivity index is 0.679. The summed E-state index contributed by atoms with van der Waals surface area (Å²) >= 11 is 0. The molecule has 5 aromatic carbocycles. The Morgan fingerprint density at radius 2 is 1.41 bits per heavy atom. The summed E-state index contributed by atoms with van der Waals surface area (Å²) < 4.78 is 106. The third-order valence-corrected chi connectivity index (χ3v) is 27.1. The van der Waals surface area contributed by atoms with E-state index in [0.29, 0.717) is 65.8 Å². The normalized spacial score (nSPS) is 30.1. The number of benzene rings is 5. The van der Waals surface area contributed by atoms with Crippen LogP contribution in [0.2, 0.25) is 0 Å². The van der Waals surface area contributed by atoms with Crippen LogP contribution in [0.25, 0.3) is 11.1 Å². The van der Waals surface area contributed by atoms with Crippen LogP contribution in [-0.2, 0) is 10.8 Å². The van der Waals surface area contributed by atoms with Gasteiger partial charge in [0.2, 0.25) is 0 Å². The number of nitrogens with zero attached hydrogens (tertiary/aromatic N) is 2. The Labute approximate surface area is 649 Å². The van der Waals surface area contributed by atoms with Crippen LogP contribution in [0.4, 0.5) is 32.0 Å². The Bertz CT molecular complexity index is 5350. The van der Waals surface area contributed by atoms with E-state index in [1.165, 1.54) is 104 Å². The average molecular weight is 1480 g/mol. The molecule has 0 amide bonds. The van der Waals surface area contributed by atoms with Gasteiger partial charge in [-0.05, 0) is 246 Å². The fourth-order valence-electron chi connectivity index (χ4n) is 21.8. The van der Waals surface area contributed by atoms with Crippen LogP contribution in [0.5, 0.6) is 5.75 Å². The third-order valence-electron chi connectivity index (χ3n) is 27.1. The summed E-state index contributed by atoms with van der Waals surface area (Å²) in [5, 5.41) is 0. The lowest BCUT2D eigenvalue weighted by molar-refractivity contribution is 0.183. The molecule has 0 bridgehead atoms. The van der Waals surface area contributed by atoms with Crippen LogP contribution in [0.15, 0.2) is 348 Å². The lowest BCUT2D eigenvalue weighted by Gasteiger charge is -2.47. The number of alkyl halides is 2. The second-order valence-corrected chi connectivity index (χ2v) is 32.7. The average Bonchev–Trinajstić information content (AvgIpc) is 1.55. The molecular formula is C102H92F6N2O. The predicted molar refractivity (Wildman–Crippen MR) is 438 cm³/mol. The van der Waals surface area contributed by atoms with Gasteiger partial charge in [0.25, 0.3) is 0 Å². The highest BCUT2D eigenvalue weighted by molar-refractivity contribution is 5.91. The summed E-state index contributed by atoms with van der Waals surface area (Å²) in [6, 6.07) is 36.5. The van der Waals surface area contributed by atoms with Crippen molar-refractivity contribution in [3.05, 3.63) is 404 Å². The number of hydrogen-bond donors (Lipinski definition) is 0. The highest BCUT2D eigenvalue weighted by atomic mass is 19.2. The van der Waals surface area contributed by atoms with Gasteiger partial charge in [0.1, 0.15) is 47.5 Å². The van der Waals surface area contributed by atoms with Crippen molar-refractivity contribution in [2.75, 3.05) is 4.90 Å². The molecule has 1 aliphatic heterocycles. The zero-order valence-corrected chi connectivity index (χ0v) is 62.7. The summed E-state index contributed by atoms with van der Waals surface area (Å²) in [7, 11) is 0. The Morgan fingerprint density at radius 3 is 2.17 bits per heavy atom. The molecule has 5 aromatic rings. The summed E-state index contributed by atoms with van der Waals surface area (Å²) in [6.45, 7) is 8.27. The zero-order chi connectivity index (χ0) is 75.2. The van der Waals surface area contributed by atoms with Crippen molar-refractivity contribution in [1.29, 1.82) is 0 Å². The SMILES string of the molecule is C=CC1=CCC(C2(C3=CC=CCC3)c3cc(C4C=CC(N(C5=CC6c7cc(N(C8=CCC(c9ccc%10c(c9)C(C9=CCC(C=C)C=C9)(c9ccccc9)C9=C%10C=CCC9)C=C8)C8=CC(F)=C(C9=CC=C(F)CC9)CC8F)ccc7OC6CC5)C5=CC(F)=C(c6ccc(F)cc6)CC5F)CC4)ccc3C3C=CCCC32)C=C1. The molecule has 14 aliphatic rings. The Morgan fingerprint density at radius 1 is 0.586 bits per heavy atom. The molecule has 13 unspecified atom stereocenters. The first-order valence-electron chi connectivity index (χ1n) is 40.6. The maximum absolute atomic E-state index is 17.8. The van der Waals surface area contributed by atoms with Gasteiger partial charge in [0.15, 0.2) is 0 Å². The highest BCUT2D eigenvalue weighted by Crippen LogP contribution is 2.65. The lowest BCUT2D eigenvalue weighted by Crippen LogP contribution is -2.43. The number of ether oxygens (including phenoxy) is 1. The molecule has 0 radical (unpaired) electrons. The molecule has 0 saturated carbocycles. The molecule has 3 nitrogen and oxygen atoms in total. The fourth-order valence-corrected chi connectivity index (χ4v) is 21.8. The van der Waals surface area contributed by atoms with Gasteiger partial charge in [0, 0.05) is 71.0 Å². The van der Waals surface area contributed by atoms with Crippen molar-refractivity contribution in [3.8, 4) is 5.75 Å². The number of rotatable bonds is 16. The van der Waals surface area contributed by atoms with Gasteiger partial charge in [-0.2, -0.15) is 0 Å². The largest absolute Gasteiger partial charge is 0.489 e. The van der Waals surface area contributed by atoms with E-state index in [1.807, 2.05) is 29.2 Å². The molecule has 1 heterocycles. The number of allylic oxidation sites excluding steroid dienone is 37. The minimum Gasteiger partial charge on any atom is -0.489 e. The maximum Gasteiger partial charge on any atom is 0.145 e. The van der Waals surface area contributed by atoms with Gasteiger partial charge in [0.05, 0.1) is 22.9 Å². The smallest absolute Gasteiger partial charge is 0.145 e. The van der Waals surface area contributed by atoms with Crippen molar-refractivity contribution in [1.82, 2.24) is 4.90 Å². The van der Waals surface area contributed by atoms with E-state index in [-0.39, 0.29) is 101 Å². The summed E-state index contributed by atoms with van der Waals surface area (Å²) in [4.78, 5) is 3.95. The first kappa shape index (κ1) is 71.0. The summed E-state index contributed by atoms with van der Waals surface area (Å²) in [6.07, 6.45) is 61.0. The van der Waals surface area contributed by atoms with Crippen molar-refractivity contribution in [2.24, 2.45) is 17.8 Å². The van der Waals surface area contributed by atoms with Gasteiger partial charge in [-0.1, -0.05) is 219 Å². The monoisotopic (exact) mass is 1470 g/mol. The van der Waals surface area contributed by atoms with Crippen LogP contribution >= 0.6 is 0 Å². The van der Waals surface area contributed by atoms with E-state index < -0.39 is 35.2 Å². The van der Waals surface area contributed by atoms with Gasteiger partial charge in [-0.25, -0.2) is 26.3 Å². The maximum atomic E-state index is 17.8. The van der Waals surface area contributed by atoms with Crippen molar-refractivity contribution >= 4 is 16.8 Å². The number of anilines is 1. The first-order valence-corrected chi connectivity index (χ1v) is 40.6. The van der Waals surface area contributed by atoms with E-state index in [4.69, 9.17) is 4.74 Å². The molecule has 558 valence electrons. The highest BCUT2D eigenvalue weighted by Gasteiger charge is 2.57. The molecule has 111 heavy (non-hydrogen) atoms. The van der Waals surface area contributed by atoms with Gasteiger partial charge < -0.3 is 14.5 Å². The minimum atomic E-state index is -1.63. The molecule has 9 heteroatoms. The molecule has 13 aliphatic carbocycles. The molecule has 13 atom stereocenters. The molecular weight excluding hydrogens is 1380 g/mol. The van der Waals surface area contributed by atoms with Crippen LogP contribution in [0.1, 0.15) is 183 Å². The summed E-state index contributed by atoms with van der Waals surface area (Å²) in [5.41, 5.74) is 20.0. The van der Waals surface area contributed by atoms with Crippen LogP contribution < -0.4 is 9.64 Å². The van der Waals surface area contributed by atoms with Crippen LogP contribution in [0, 0.1) is 23.6 Å². The second-order valence-electron chi connectivity index (χ2n) is 32.7. The second kappa shape index (κ2) is 29.1. The lowest BCUT2D eigenvalue weighted by atomic mass is 9.56. The van der Waals surface area contributed by atoms with E-state index in [2.05, 4.69) is 206 Å². The van der Waals surface area contributed by atoms with Crippen LogP contribution in [-0.4, -0.2) is 29.4 Å². The predicted octanol–water partition coefficient (Wildman–Crippen LogP) is 26.4. The Hall–Kier alpha value is -10.4. The van der Waals surface area contributed by atoms with E-state index >= 15 is 17.6 Å². The molecule has 0 fully saturated rings. The van der Waals surface area contributed by atoms with E-state index in [9.17, 15) is 8.78 Å². The van der Waals surface area contributed by atoms with Gasteiger partial charge >= 0.3 is 0 Å². The fraction of sp³-hybridized carbons (Fsp3) is 0.294. The first-order chi connectivity index (χ1) is 54.3. The summed E-state index contributed by atoms with van der Waals surface area (Å²) in [5.74, 6) is -0.204. The van der Waals surface area contributed by atoms with Gasteiger partial charge in [-0.15, -0.1) is 6.58 Å². The van der Waals surface area contributed by atoms with E-state index in [0.717, 1.165) is 74.6 Å². The molecule has 19 rings (SSSR count).